The number of hydrogen-bond donors (Lipinski definition) is 1. The van der Waals surface area contributed by atoms with Gasteiger partial charge in [-0.1, -0.05) is 6.92 Å². The molecule has 74 valence electrons. The molecule has 0 fully saturated rings. The quantitative estimate of drug-likeness (QED) is 0.794. The molecule has 3 heteroatoms. The number of pyridine rings is 1. The lowest BCUT2D eigenvalue weighted by Crippen LogP contribution is -2.13. The Labute approximate surface area is 84.8 Å². The molecule has 0 spiro atoms. The Morgan fingerprint density at radius 1 is 1.57 bits per heavy atom. The number of nitrogens with zero attached hydrogens (tertiary/aromatic N) is 2. The zero-order valence-electron chi connectivity index (χ0n) is 8.83. The van der Waals surface area contributed by atoms with Crippen LogP contribution >= 0.6 is 0 Å². The Balaban J connectivity index is 2.88. The lowest BCUT2D eigenvalue weighted by Gasteiger charge is -2.13. The Morgan fingerprint density at radius 2 is 2.29 bits per heavy atom. The molecule has 0 aromatic carbocycles. The van der Waals surface area contributed by atoms with E-state index in [1.807, 2.05) is 19.1 Å². The monoisotopic (exact) mass is 189 g/mol. The van der Waals surface area contributed by atoms with E-state index in [1.54, 1.807) is 6.07 Å². The highest BCUT2D eigenvalue weighted by Crippen LogP contribution is 2.12. The number of hydrogen-bond acceptors (Lipinski definition) is 3. The molecule has 1 rings (SSSR count). The van der Waals surface area contributed by atoms with Gasteiger partial charge in [0.15, 0.2) is 0 Å². The molecule has 1 atom stereocenters. The summed E-state index contributed by atoms with van der Waals surface area (Å²) >= 11 is 0. The van der Waals surface area contributed by atoms with Crippen molar-refractivity contribution in [2.24, 2.45) is 0 Å². The summed E-state index contributed by atoms with van der Waals surface area (Å²) in [7, 11) is 0. The molecule has 3 nitrogen and oxygen atoms in total. The van der Waals surface area contributed by atoms with Gasteiger partial charge in [-0.25, -0.2) is 4.98 Å². The predicted octanol–water partition coefficient (Wildman–Crippen LogP) is 2.47. The summed E-state index contributed by atoms with van der Waals surface area (Å²) in [5.41, 5.74) is 2.31. The van der Waals surface area contributed by atoms with Gasteiger partial charge in [0.1, 0.15) is 11.8 Å². The third-order valence-electron chi connectivity index (χ3n) is 2.09. The van der Waals surface area contributed by atoms with Crippen LogP contribution in [0.25, 0.3) is 0 Å². The van der Waals surface area contributed by atoms with Crippen LogP contribution in [0.1, 0.15) is 31.7 Å². The van der Waals surface area contributed by atoms with Gasteiger partial charge < -0.3 is 5.32 Å². The Bertz CT molecular complexity index is 352. The maximum absolute atomic E-state index is 8.74. The minimum atomic E-state index is 0.420. The summed E-state index contributed by atoms with van der Waals surface area (Å²) in [5.74, 6) is 0. The van der Waals surface area contributed by atoms with Crippen LogP contribution in [0.3, 0.4) is 0 Å². The number of rotatable bonds is 3. The minimum Gasteiger partial charge on any atom is -0.382 e. The summed E-state index contributed by atoms with van der Waals surface area (Å²) in [4.78, 5) is 4.08. The van der Waals surface area contributed by atoms with Crippen LogP contribution in [0, 0.1) is 18.3 Å². The van der Waals surface area contributed by atoms with Crippen molar-refractivity contribution in [2.75, 3.05) is 5.32 Å². The van der Waals surface area contributed by atoms with Gasteiger partial charge in [-0.05, 0) is 32.4 Å². The van der Waals surface area contributed by atoms with Crippen molar-refractivity contribution in [1.82, 2.24) is 4.98 Å². The van der Waals surface area contributed by atoms with Crippen LogP contribution in [0.15, 0.2) is 12.1 Å². The van der Waals surface area contributed by atoms with Crippen molar-refractivity contribution < 1.29 is 0 Å². The normalized spacial score (nSPS) is 11.9. The lowest BCUT2D eigenvalue weighted by molar-refractivity contribution is 0.763. The van der Waals surface area contributed by atoms with Crippen LogP contribution in [0.2, 0.25) is 0 Å². The first kappa shape index (κ1) is 10.5. The van der Waals surface area contributed by atoms with Crippen molar-refractivity contribution in [1.29, 1.82) is 5.26 Å². The zero-order chi connectivity index (χ0) is 10.6. The summed E-state index contributed by atoms with van der Waals surface area (Å²) < 4.78 is 0. The number of nitriles is 1. The number of nitrogens with one attached hydrogen (secondary N) is 1. The smallest absolute Gasteiger partial charge is 0.142 e. The van der Waals surface area contributed by atoms with Crippen LogP contribution in [-0.2, 0) is 0 Å². The fourth-order valence-corrected chi connectivity index (χ4v) is 1.20. The molecular weight excluding hydrogens is 174 g/mol. The molecule has 1 heterocycles. The SMILES string of the molecule is CCC(C)Nc1cc(C)nc(C#N)c1. The second-order valence-corrected chi connectivity index (χ2v) is 3.45. The molecular formula is C11H15N3. The van der Waals surface area contributed by atoms with E-state index >= 15 is 0 Å². The van der Waals surface area contributed by atoms with Crippen molar-refractivity contribution in [3.63, 3.8) is 0 Å². The topological polar surface area (TPSA) is 48.7 Å². The largest absolute Gasteiger partial charge is 0.382 e. The van der Waals surface area contributed by atoms with Crippen LogP contribution < -0.4 is 5.32 Å². The van der Waals surface area contributed by atoms with Crippen molar-refractivity contribution >= 4 is 5.69 Å². The highest BCUT2D eigenvalue weighted by atomic mass is 14.9. The molecule has 1 unspecified atom stereocenters. The van der Waals surface area contributed by atoms with E-state index in [4.69, 9.17) is 5.26 Å². The average molecular weight is 189 g/mol. The van der Waals surface area contributed by atoms with Crippen molar-refractivity contribution in [3.05, 3.63) is 23.5 Å². The third kappa shape index (κ3) is 2.74. The van der Waals surface area contributed by atoms with E-state index < -0.39 is 0 Å². The molecule has 0 aliphatic rings. The van der Waals surface area contributed by atoms with Crippen LogP contribution in [0.4, 0.5) is 5.69 Å². The third-order valence-corrected chi connectivity index (χ3v) is 2.09. The van der Waals surface area contributed by atoms with Crippen molar-refractivity contribution in [3.8, 4) is 6.07 Å². The predicted molar refractivity (Wildman–Crippen MR) is 57.1 cm³/mol. The molecule has 14 heavy (non-hydrogen) atoms. The van der Waals surface area contributed by atoms with Gasteiger partial charge in [-0.15, -0.1) is 0 Å². The van der Waals surface area contributed by atoms with Crippen molar-refractivity contribution in [2.45, 2.75) is 33.2 Å². The van der Waals surface area contributed by atoms with Gasteiger partial charge >= 0.3 is 0 Å². The summed E-state index contributed by atoms with van der Waals surface area (Å²) in [6.45, 7) is 6.13. The van der Waals surface area contributed by atoms with Gasteiger partial charge in [0.05, 0.1) is 0 Å². The highest BCUT2D eigenvalue weighted by Gasteiger charge is 2.02. The minimum absolute atomic E-state index is 0.420. The molecule has 1 aromatic heterocycles. The fraction of sp³-hybridized carbons (Fsp3) is 0.455. The lowest BCUT2D eigenvalue weighted by atomic mass is 10.2. The van der Waals surface area contributed by atoms with Crippen LogP contribution in [0.5, 0.6) is 0 Å². The van der Waals surface area contributed by atoms with Gasteiger partial charge in [-0.3, -0.25) is 0 Å². The Morgan fingerprint density at radius 3 is 2.86 bits per heavy atom. The first-order valence-electron chi connectivity index (χ1n) is 4.81. The fourth-order valence-electron chi connectivity index (χ4n) is 1.20. The first-order chi connectivity index (χ1) is 6.65. The highest BCUT2D eigenvalue weighted by molar-refractivity contribution is 5.48. The molecule has 0 saturated carbocycles. The van der Waals surface area contributed by atoms with Crippen LogP contribution in [-0.4, -0.2) is 11.0 Å². The molecule has 0 aliphatic heterocycles. The zero-order valence-corrected chi connectivity index (χ0v) is 8.83. The second-order valence-electron chi connectivity index (χ2n) is 3.45. The summed E-state index contributed by atoms with van der Waals surface area (Å²) in [6, 6.07) is 6.20. The molecule has 0 aliphatic carbocycles. The van der Waals surface area contributed by atoms with Gasteiger partial charge in [0.2, 0.25) is 0 Å². The molecule has 0 radical (unpaired) electrons. The van der Waals surface area contributed by atoms with E-state index in [1.165, 1.54) is 0 Å². The van der Waals surface area contributed by atoms with Gasteiger partial charge in [0, 0.05) is 17.4 Å². The van der Waals surface area contributed by atoms with E-state index in [2.05, 4.69) is 24.1 Å². The number of aryl methyl sites for hydroxylation is 1. The molecule has 0 saturated heterocycles. The standard InChI is InChI=1S/C11H15N3/c1-4-8(2)13-10-5-9(3)14-11(6-10)7-12/h5-6,8H,4H2,1-3H3,(H,13,14). The molecule has 1 N–H and O–H groups in total. The number of anilines is 1. The summed E-state index contributed by atoms with van der Waals surface area (Å²) in [6.07, 6.45) is 1.06. The van der Waals surface area contributed by atoms with Gasteiger partial charge in [-0.2, -0.15) is 5.26 Å². The molecule has 0 bridgehead atoms. The maximum atomic E-state index is 8.74. The maximum Gasteiger partial charge on any atom is 0.142 e. The second kappa shape index (κ2) is 4.61. The van der Waals surface area contributed by atoms with E-state index in [9.17, 15) is 0 Å². The van der Waals surface area contributed by atoms with E-state index in [-0.39, 0.29) is 0 Å². The van der Waals surface area contributed by atoms with Gasteiger partial charge in [0.25, 0.3) is 0 Å². The Hall–Kier alpha value is -1.56. The first-order valence-corrected chi connectivity index (χ1v) is 4.81. The van der Waals surface area contributed by atoms with E-state index in [0.717, 1.165) is 17.8 Å². The Kier molecular flexibility index (Phi) is 3.47. The van der Waals surface area contributed by atoms with E-state index in [0.29, 0.717) is 11.7 Å². The molecule has 0 amide bonds. The molecule has 1 aromatic rings. The number of aromatic nitrogens is 1. The summed E-state index contributed by atoms with van der Waals surface area (Å²) in [5, 5.41) is 12.1. The average Bonchev–Trinajstić information content (AvgIpc) is 2.16.